The number of carbonyl (C=O) groups excluding carboxylic acids is 1. The minimum atomic E-state index is 0.0264. The Morgan fingerprint density at radius 2 is 1.82 bits per heavy atom. The maximum absolute atomic E-state index is 10.8. The lowest BCUT2D eigenvalue weighted by Crippen LogP contribution is -2.22. The molecule has 1 aliphatic carbocycles. The van der Waals surface area contributed by atoms with Crippen LogP contribution in [0.25, 0.3) is 10.8 Å². The fourth-order valence-electron chi connectivity index (χ4n) is 2.75. The summed E-state index contributed by atoms with van der Waals surface area (Å²) in [7, 11) is 1.00. The number of aliphatic hydroxyl groups excluding tert-OH is 1. The van der Waals surface area contributed by atoms with Crippen LogP contribution in [0, 0.1) is 0 Å². The van der Waals surface area contributed by atoms with E-state index in [2.05, 4.69) is 80.9 Å². The predicted molar refractivity (Wildman–Crippen MR) is 127 cm³/mol. The molecule has 0 aromatic heterocycles. The topological polar surface area (TPSA) is 65.3 Å². The van der Waals surface area contributed by atoms with Crippen molar-refractivity contribution in [1.29, 1.82) is 0 Å². The van der Waals surface area contributed by atoms with Crippen LogP contribution >= 0.6 is 27.7 Å². The van der Waals surface area contributed by atoms with Crippen LogP contribution in [0.4, 0.5) is 5.69 Å². The highest BCUT2D eigenvalue weighted by Gasteiger charge is 2.26. The van der Waals surface area contributed by atoms with E-state index in [-0.39, 0.29) is 5.25 Å². The van der Waals surface area contributed by atoms with E-state index < -0.39 is 0 Å². The molecule has 0 spiro atoms. The molecule has 1 N–H and O–H groups in total. The molecule has 3 rings (SSSR count). The molecule has 1 unspecified atom stereocenters. The monoisotopic (exact) mass is 465 g/mol. The summed E-state index contributed by atoms with van der Waals surface area (Å²) < 4.78 is 0. The molecule has 0 radical (unpaired) electrons. The second-order valence-electron chi connectivity index (χ2n) is 6.07. The number of alkyl halides is 1. The summed E-state index contributed by atoms with van der Waals surface area (Å²) in [6, 6.07) is 13.2. The van der Waals surface area contributed by atoms with E-state index in [1.54, 1.807) is 11.8 Å². The number of fused-ring (bicyclic) bond motifs is 1. The Morgan fingerprint density at radius 3 is 2.32 bits per heavy atom. The molecule has 1 aliphatic rings. The average Bonchev–Trinajstić information content (AvgIpc) is 3.60. The van der Waals surface area contributed by atoms with Crippen molar-refractivity contribution in [2.75, 3.05) is 23.3 Å². The third-order valence-electron chi connectivity index (χ3n) is 4.22. The van der Waals surface area contributed by atoms with Gasteiger partial charge in [0.1, 0.15) is 6.29 Å². The van der Waals surface area contributed by atoms with Gasteiger partial charge in [-0.25, -0.2) is 0 Å². The molecule has 1 atom stereocenters. The molecule has 1 saturated carbocycles. The number of hydrogen-bond acceptors (Lipinski definition) is 6. The van der Waals surface area contributed by atoms with Gasteiger partial charge in [-0.1, -0.05) is 46.3 Å². The molecule has 0 heterocycles. The number of aliphatic hydroxyl groups is 1. The van der Waals surface area contributed by atoms with Gasteiger partial charge >= 0.3 is 0 Å². The van der Waals surface area contributed by atoms with Gasteiger partial charge in [-0.3, -0.25) is 0 Å². The highest BCUT2D eigenvalue weighted by Crippen LogP contribution is 2.44. The molecule has 1 fully saturated rings. The van der Waals surface area contributed by atoms with E-state index in [9.17, 15) is 4.79 Å². The Kier molecular flexibility index (Phi) is 11.7. The predicted octanol–water partition coefficient (Wildman–Crippen LogP) is 5.07. The zero-order valence-electron chi connectivity index (χ0n) is 16.4. The molecule has 0 aliphatic heterocycles. The number of hydrogen-bond donors (Lipinski definition) is 1. The van der Waals surface area contributed by atoms with Crippen LogP contribution in [0.1, 0.15) is 31.2 Å². The van der Waals surface area contributed by atoms with Crippen LogP contribution in [0.5, 0.6) is 0 Å². The minimum absolute atomic E-state index is 0.0264. The Hall–Kier alpha value is -1.70. The van der Waals surface area contributed by atoms with Crippen molar-refractivity contribution in [3.8, 4) is 0 Å². The fourth-order valence-corrected chi connectivity index (χ4v) is 4.15. The number of carbonyl (C=O) groups is 1. The molecule has 2 aromatic rings. The van der Waals surface area contributed by atoms with Gasteiger partial charge in [0.15, 0.2) is 0 Å². The molecule has 152 valence electrons. The number of halogens is 1. The van der Waals surface area contributed by atoms with Crippen LogP contribution in [-0.4, -0.2) is 48.5 Å². The highest BCUT2D eigenvalue weighted by molar-refractivity contribution is 9.09. The zero-order chi connectivity index (χ0) is 20.9. The molecule has 5 nitrogen and oxygen atoms in total. The van der Waals surface area contributed by atoms with Crippen LogP contribution in [0.3, 0.4) is 0 Å². The van der Waals surface area contributed by atoms with Crippen molar-refractivity contribution in [3.63, 3.8) is 0 Å². The summed E-state index contributed by atoms with van der Waals surface area (Å²) in [6.45, 7) is 7.94. The summed E-state index contributed by atoms with van der Waals surface area (Å²) in [5, 5.41) is 15.7. The second kappa shape index (κ2) is 13.5. The molecule has 0 saturated heterocycles. The van der Waals surface area contributed by atoms with Gasteiger partial charge in [0.05, 0.1) is 16.6 Å². The third-order valence-corrected chi connectivity index (χ3v) is 5.92. The van der Waals surface area contributed by atoms with Gasteiger partial charge in [0.2, 0.25) is 0 Å². The van der Waals surface area contributed by atoms with Gasteiger partial charge in [-0.2, -0.15) is 10.2 Å². The standard InChI is InChI=1S/C18H20BrNOS.C2H4N2.CH4O/c1-13(10-21)22-12-20(11-19)18-9-8-15(14-6-7-14)16-4-2-3-5-17(16)18;1-3-4-2;1-2/h2-5,8-10,13-14H,6-7,11-12H2,1H3;1-2H2;2H,1H3. The van der Waals surface area contributed by atoms with Gasteiger partial charge in [0.25, 0.3) is 0 Å². The summed E-state index contributed by atoms with van der Waals surface area (Å²) in [6.07, 6.45) is 3.64. The fraction of sp³-hybridized carbons (Fsp3) is 0.381. The number of nitrogens with zero attached hydrogens (tertiary/aromatic N) is 3. The molecular formula is C21H28BrN3O2S. The Morgan fingerprint density at radius 1 is 1.21 bits per heavy atom. The second-order valence-corrected chi connectivity index (χ2v) is 7.91. The summed E-state index contributed by atoms with van der Waals surface area (Å²) in [5.41, 5.74) is 3.49. The number of aldehydes is 1. The first kappa shape index (κ1) is 24.3. The lowest BCUT2D eigenvalue weighted by molar-refractivity contribution is -0.107. The minimum Gasteiger partial charge on any atom is -0.400 e. The van der Waals surface area contributed by atoms with E-state index >= 15 is 0 Å². The lowest BCUT2D eigenvalue weighted by Gasteiger charge is -2.25. The van der Waals surface area contributed by atoms with Gasteiger partial charge in [-0.15, -0.1) is 11.8 Å². The van der Waals surface area contributed by atoms with E-state index in [4.69, 9.17) is 5.11 Å². The first-order chi connectivity index (χ1) is 13.7. The lowest BCUT2D eigenvalue weighted by atomic mass is 9.99. The highest BCUT2D eigenvalue weighted by atomic mass is 79.9. The zero-order valence-corrected chi connectivity index (χ0v) is 18.8. The quantitative estimate of drug-likeness (QED) is 0.147. The molecule has 28 heavy (non-hydrogen) atoms. The van der Waals surface area contributed by atoms with Gasteiger partial charge in [0, 0.05) is 31.6 Å². The smallest absolute Gasteiger partial charge is 0.132 e. The SMILES string of the molecule is C=NN=C.CC(C=O)SCN(CBr)c1ccc(C2CC2)c2ccccc12.CO. The first-order valence-electron chi connectivity index (χ1n) is 8.92. The third kappa shape index (κ3) is 7.04. The van der Waals surface area contributed by atoms with Crippen molar-refractivity contribution in [3.05, 3.63) is 42.0 Å². The Labute approximate surface area is 180 Å². The number of benzene rings is 2. The Balaban J connectivity index is 0.000000583. The number of anilines is 1. The van der Waals surface area contributed by atoms with Crippen LogP contribution in [-0.2, 0) is 4.79 Å². The first-order valence-corrected chi connectivity index (χ1v) is 11.1. The van der Waals surface area contributed by atoms with E-state index in [0.29, 0.717) is 0 Å². The molecule has 0 amide bonds. The van der Waals surface area contributed by atoms with E-state index in [1.165, 1.54) is 34.9 Å². The van der Waals surface area contributed by atoms with Crippen molar-refractivity contribution >= 4 is 63.9 Å². The van der Waals surface area contributed by atoms with Crippen LogP contribution < -0.4 is 4.90 Å². The largest absolute Gasteiger partial charge is 0.400 e. The van der Waals surface area contributed by atoms with Crippen molar-refractivity contribution in [1.82, 2.24) is 0 Å². The maximum Gasteiger partial charge on any atom is 0.132 e. The Bertz CT molecular complexity index is 762. The van der Waals surface area contributed by atoms with E-state index in [1.807, 2.05) is 6.92 Å². The number of rotatable bonds is 8. The van der Waals surface area contributed by atoms with Crippen LogP contribution in [0.2, 0.25) is 0 Å². The molecule has 7 heteroatoms. The van der Waals surface area contributed by atoms with E-state index in [0.717, 1.165) is 30.6 Å². The average molecular weight is 466 g/mol. The van der Waals surface area contributed by atoms with Crippen molar-refractivity contribution in [2.45, 2.75) is 30.9 Å². The summed E-state index contributed by atoms with van der Waals surface area (Å²) >= 11 is 5.26. The summed E-state index contributed by atoms with van der Waals surface area (Å²) in [4.78, 5) is 13.1. The molecular weight excluding hydrogens is 438 g/mol. The van der Waals surface area contributed by atoms with Crippen molar-refractivity contribution < 1.29 is 9.90 Å². The molecule has 2 aromatic carbocycles. The molecule has 0 bridgehead atoms. The summed E-state index contributed by atoms with van der Waals surface area (Å²) in [5.74, 6) is 1.55. The van der Waals surface area contributed by atoms with Crippen molar-refractivity contribution in [2.24, 2.45) is 10.2 Å². The maximum atomic E-state index is 10.8. The van der Waals surface area contributed by atoms with Crippen LogP contribution in [0.15, 0.2) is 46.6 Å². The van der Waals surface area contributed by atoms with Gasteiger partial charge < -0.3 is 14.8 Å². The number of thioether (sulfide) groups is 1. The normalized spacial score (nSPS) is 13.3. The van der Waals surface area contributed by atoms with Gasteiger partial charge in [-0.05, 0) is 42.7 Å².